The Morgan fingerprint density at radius 2 is 1.35 bits per heavy atom. The van der Waals surface area contributed by atoms with E-state index in [1.807, 2.05) is 60.7 Å². The van der Waals surface area contributed by atoms with E-state index in [0.717, 1.165) is 27.8 Å². The van der Waals surface area contributed by atoms with Crippen LogP contribution in [-0.2, 0) is 16.8 Å². The van der Waals surface area contributed by atoms with Crippen LogP contribution in [0.1, 0.15) is 60.4 Å². The van der Waals surface area contributed by atoms with Crippen LogP contribution in [0.15, 0.2) is 109 Å². The van der Waals surface area contributed by atoms with Crippen LogP contribution in [0, 0.1) is 11.7 Å². The number of aryl methyl sites for hydroxylation is 1. The highest BCUT2D eigenvalue weighted by Crippen LogP contribution is 2.47. The molecule has 3 heteroatoms. The molecular weight excluding hydrogens is 459 g/mol. The highest BCUT2D eigenvalue weighted by molar-refractivity contribution is 5.47. The van der Waals surface area contributed by atoms with Crippen molar-refractivity contribution in [2.24, 2.45) is 5.92 Å². The topological polar surface area (TPSA) is 29.5 Å². The Morgan fingerprint density at radius 3 is 1.84 bits per heavy atom. The molecule has 0 unspecified atom stereocenters. The molecule has 0 heterocycles. The van der Waals surface area contributed by atoms with Crippen molar-refractivity contribution in [2.75, 3.05) is 6.61 Å². The summed E-state index contributed by atoms with van der Waals surface area (Å²) in [4.78, 5) is 0. The number of benzene rings is 4. The van der Waals surface area contributed by atoms with Gasteiger partial charge in [0.25, 0.3) is 0 Å². The standard InChI is InChI=1S/C34H35FO2/c1-25(2)32-31-19-18-30(35)24-26(31)20-21-33(32,36)22-23-37-34(27-12-6-3-7-13-27,28-14-8-4-9-15-28)29-16-10-5-11-17-29/h3-19,24-25,32,36H,20-23H2,1-2H3/t32-,33-/m0/s1. The van der Waals surface area contributed by atoms with Crippen molar-refractivity contribution in [3.8, 4) is 0 Å². The van der Waals surface area contributed by atoms with E-state index in [2.05, 4.69) is 50.2 Å². The quantitative estimate of drug-likeness (QED) is 0.255. The fourth-order valence-electron chi connectivity index (χ4n) is 6.30. The zero-order valence-electron chi connectivity index (χ0n) is 21.6. The summed E-state index contributed by atoms with van der Waals surface area (Å²) in [5, 5.41) is 12.1. The van der Waals surface area contributed by atoms with Crippen molar-refractivity contribution in [3.05, 3.63) is 143 Å². The Morgan fingerprint density at radius 1 is 0.838 bits per heavy atom. The van der Waals surface area contributed by atoms with Crippen LogP contribution in [0.2, 0.25) is 0 Å². The minimum atomic E-state index is -0.936. The molecule has 0 saturated carbocycles. The smallest absolute Gasteiger partial charge is 0.143 e. The van der Waals surface area contributed by atoms with Gasteiger partial charge >= 0.3 is 0 Å². The number of hydrogen-bond donors (Lipinski definition) is 1. The summed E-state index contributed by atoms with van der Waals surface area (Å²) in [5.41, 5.74) is 3.46. The number of hydrogen-bond acceptors (Lipinski definition) is 2. The summed E-state index contributed by atoms with van der Waals surface area (Å²) in [6.45, 7) is 4.64. The zero-order valence-corrected chi connectivity index (χ0v) is 21.6. The molecule has 1 aliphatic rings. The van der Waals surface area contributed by atoms with Crippen molar-refractivity contribution < 1.29 is 14.2 Å². The number of aliphatic hydroxyl groups is 1. The van der Waals surface area contributed by atoms with Crippen LogP contribution in [0.4, 0.5) is 4.39 Å². The molecule has 5 rings (SSSR count). The van der Waals surface area contributed by atoms with Crippen LogP contribution in [0.5, 0.6) is 0 Å². The maximum atomic E-state index is 14.0. The second-order valence-corrected chi connectivity index (χ2v) is 10.5. The summed E-state index contributed by atoms with van der Waals surface area (Å²) in [7, 11) is 0. The predicted octanol–water partition coefficient (Wildman–Crippen LogP) is 7.64. The third-order valence-corrected chi connectivity index (χ3v) is 7.91. The van der Waals surface area contributed by atoms with E-state index in [4.69, 9.17) is 4.74 Å². The number of halogens is 1. The lowest BCUT2D eigenvalue weighted by Crippen LogP contribution is -2.44. The molecule has 0 saturated heterocycles. The normalized spacial score (nSPS) is 19.5. The van der Waals surface area contributed by atoms with Gasteiger partial charge < -0.3 is 9.84 Å². The summed E-state index contributed by atoms with van der Waals surface area (Å²) >= 11 is 0. The largest absolute Gasteiger partial charge is 0.389 e. The number of rotatable bonds is 8. The second kappa shape index (κ2) is 10.6. The lowest BCUT2D eigenvalue weighted by molar-refractivity contribution is -0.0670. The van der Waals surface area contributed by atoms with E-state index in [-0.39, 0.29) is 17.7 Å². The summed E-state index contributed by atoms with van der Waals surface area (Å²) in [6, 6.07) is 36.0. The molecule has 0 spiro atoms. The minimum absolute atomic E-state index is 0.0833. The molecule has 4 aromatic rings. The van der Waals surface area contributed by atoms with Crippen LogP contribution >= 0.6 is 0 Å². The molecule has 2 atom stereocenters. The summed E-state index contributed by atoms with van der Waals surface area (Å²) < 4.78 is 20.9. The van der Waals surface area contributed by atoms with Crippen molar-refractivity contribution in [2.45, 2.75) is 50.2 Å². The summed E-state index contributed by atoms with van der Waals surface area (Å²) in [6.07, 6.45) is 1.74. The van der Waals surface area contributed by atoms with Crippen LogP contribution in [0.25, 0.3) is 0 Å². The molecule has 37 heavy (non-hydrogen) atoms. The Kier molecular flexibility index (Phi) is 7.28. The highest BCUT2D eigenvalue weighted by Gasteiger charge is 2.44. The molecule has 4 aromatic carbocycles. The monoisotopic (exact) mass is 494 g/mol. The first-order valence-electron chi connectivity index (χ1n) is 13.3. The van der Waals surface area contributed by atoms with Gasteiger partial charge in [-0.05, 0) is 58.7 Å². The van der Waals surface area contributed by atoms with E-state index in [1.165, 1.54) is 6.07 Å². The summed E-state index contributed by atoms with van der Waals surface area (Å²) in [5.74, 6) is -0.0925. The third kappa shape index (κ3) is 4.86. The van der Waals surface area contributed by atoms with Crippen molar-refractivity contribution >= 4 is 0 Å². The van der Waals surface area contributed by atoms with Gasteiger partial charge in [-0.2, -0.15) is 0 Å². The van der Waals surface area contributed by atoms with Crippen LogP contribution < -0.4 is 0 Å². The molecule has 0 bridgehead atoms. The third-order valence-electron chi connectivity index (χ3n) is 7.91. The highest BCUT2D eigenvalue weighted by atomic mass is 19.1. The van der Waals surface area contributed by atoms with Gasteiger partial charge in [-0.15, -0.1) is 0 Å². The van der Waals surface area contributed by atoms with Crippen molar-refractivity contribution in [1.82, 2.24) is 0 Å². The molecule has 190 valence electrons. The first-order chi connectivity index (χ1) is 17.9. The number of ether oxygens (including phenoxy) is 1. The lowest BCUT2D eigenvalue weighted by atomic mass is 9.66. The molecule has 0 aliphatic heterocycles. The predicted molar refractivity (Wildman–Crippen MR) is 147 cm³/mol. The van der Waals surface area contributed by atoms with Gasteiger partial charge in [0.05, 0.1) is 12.2 Å². The van der Waals surface area contributed by atoms with Crippen molar-refractivity contribution in [1.29, 1.82) is 0 Å². The van der Waals surface area contributed by atoms with Crippen LogP contribution in [-0.4, -0.2) is 17.3 Å². The molecule has 1 aliphatic carbocycles. The SMILES string of the molecule is CC(C)[C@H]1c2ccc(F)cc2CC[C@]1(O)CCOC(c1ccccc1)(c1ccccc1)c1ccccc1. The Bertz CT molecular complexity index is 1210. The van der Waals surface area contributed by atoms with Gasteiger partial charge in [0.1, 0.15) is 11.4 Å². The Hall–Kier alpha value is -3.27. The first kappa shape index (κ1) is 25.4. The van der Waals surface area contributed by atoms with Gasteiger partial charge in [-0.25, -0.2) is 4.39 Å². The van der Waals surface area contributed by atoms with Gasteiger partial charge in [-0.1, -0.05) is 111 Å². The van der Waals surface area contributed by atoms with E-state index in [9.17, 15) is 9.50 Å². The van der Waals surface area contributed by atoms with Gasteiger partial charge in [-0.3, -0.25) is 0 Å². The second-order valence-electron chi connectivity index (χ2n) is 10.5. The van der Waals surface area contributed by atoms with Gasteiger partial charge in [0, 0.05) is 12.3 Å². The van der Waals surface area contributed by atoms with E-state index in [1.54, 1.807) is 6.07 Å². The maximum absolute atomic E-state index is 14.0. The molecular formula is C34H35FO2. The molecule has 0 aromatic heterocycles. The maximum Gasteiger partial charge on any atom is 0.143 e. The zero-order chi connectivity index (χ0) is 25.9. The Labute approximate surface area is 219 Å². The van der Waals surface area contributed by atoms with Crippen LogP contribution in [0.3, 0.4) is 0 Å². The average molecular weight is 495 g/mol. The van der Waals surface area contributed by atoms with E-state index >= 15 is 0 Å². The molecule has 2 nitrogen and oxygen atoms in total. The van der Waals surface area contributed by atoms with Gasteiger partial charge in [0.2, 0.25) is 0 Å². The minimum Gasteiger partial charge on any atom is -0.389 e. The average Bonchev–Trinajstić information content (AvgIpc) is 2.92. The van der Waals surface area contributed by atoms with E-state index < -0.39 is 11.2 Å². The molecule has 0 amide bonds. The van der Waals surface area contributed by atoms with E-state index in [0.29, 0.717) is 25.9 Å². The number of fused-ring (bicyclic) bond motifs is 1. The molecule has 1 N–H and O–H groups in total. The Balaban J connectivity index is 1.52. The lowest BCUT2D eigenvalue weighted by Gasteiger charge is -2.44. The van der Waals surface area contributed by atoms with Gasteiger partial charge in [0.15, 0.2) is 0 Å². The fraction of sp³-hybridized carbons (Fsp3) is 0.294. The molecule has 0 fully saturated rings. The van der Waals surface area contributed by atoms with Crippen molar-refractivity contribution in [3.63, 3.8) is 0 Å². The fourth-order valence-corrected chi connectivity index (χ4v) is 6.30. The first-order valence-corrected chi connectivity index (χ1v) is 13.3. The molecule has 0 radical (unpaired) electrons.